The van der Waals surface area contributed by atoms with E-state index in [2.05, 4.69) is 10.4 Å². The third kappa shape index (κ3) is 6.94. The first-order chi connectivity index (χ1) is 13.9. The molecule has 0 bridgehead atoms. The lowest BCUT2D eigenvalue weighted by Gasteiger charge is -2.08. The van der Waals surface area contributed by atoms with E-state index < -0.39 is 17.6 Å². The Morgan fingerprint density at radius 2 is 1.83 bits per heavy atom. The van der Waals surface area contributed by atoms with Crippen LogP contribution in [0.5, 0.6) is 5.75 Å². The molecule has 0 aliphatic heterocycles. The Labute approximate surface area is 166 Å². The summed E-state index contributed by atoms with van der Waals surface area (Å²) < 4.78 is 10.1. The zero-order valence-electron chi connectivity index (χ0n) is 15.6. The first-order valence-corrected chi connectivity index (χ1v) is 8.55. The van der Waals surface area contributed by atoms with Gasteiger partial charge in [0.05, 0.1) is 19.8 Å². The van der Waals surface area contributed by atoms with E-state index in [9.17, 15) is 19.2 Å². The number of benzene rings is 1. The third-order valence-corrected chi connectivity index (χ3v) is 3.71. The molecule has 0 radical (unpaired) electrons. The zero-order valence-corrected chi connectivity index (χ0v) is 15.6. The summed E-state index contributed by atoms with van der Waals surface area (Å²) in [6.45, 7) is 0. The second kappa shape index (κ2) is 10.4. The third-order valence-electron chi connectivity index (χ3n) is 3.71. The van der Waals surface area contributed by atoms with Crippen molar-refractivity contribution < 1.29 is 28.3 Å². The van der Waals surface area contributed by atoms with Crippen molar-refractivity contribution in [2.45, 2.75) is 19.3 Å². The number of ether oxygens (including phenoxy) is 1. The normalized spacial score (nSPS) is 10.9. The van der Waals surface area contributed by atoms with Gasteiger partial charge >= 0.3 is 11.8 Å². The highest BCUT2D eigenvalue weighted by molar-refractivity contribution is 6.34. The number of nitrogens with zero attached hydrogens (tertiary/aromatic N) is 1. The standard InChI is InChI=1S/C19H20N4O6/c1-28-14-7-4-12(5-8-14)21-17(25)9-6-13(22-23-19(27)18(20)26)11-15(24)16-3-2-10-29-16/h2-5,7-8,10H,6,9,11H2,1H3,(H2,20,26)(H,21,25)(H,23,27). The van der Waals surface area contributed by atoms with Crippen LogP contribution in [0.2, 0.25) is 0 Å². The molecule has 2 aromatic rings. The summed E-state index contributed by atoms with van der Waals surface area (Å²) in [5, 5.41) is 6.45. The molecule has 0 saturated carbocycles. The molecular weight excluding hydrogens is 380 g/mol. The molecular formula is C19H20N4O6. The number of methoxy groups -OCH3 is 1. The fraction of sp³-hybridized carbons (Fsp3) is 0.211. The van der Waals surface area contributed by atoms with Crippen molar-refractivity contribution in [3.63, 3.8) is 0 Å². The van der Waals surface area contributed by atoms with Gasteiger partial charge in [-0.25, -0.2) is 5.43 Å². The average molecular weight is 400 g/mol. The minimum absolute atomic E-state index is 0.0112. The van der Waals surface area contributed by atoms with E-state index in [1.54, 1.807) is 30.3 Å². The van der Waals surface area contributed by atoms with Crippen LogP contribution in [0.4, 0.5) is 5.69 Å². The molecule has 29 heavy (non-hydrogen) atoms. The maximum Gasteiger partial charge on any atom is 0.329 e. The number of hydrogen-bond donors (Lipinski definition) is 3. The van der Waals surface area contributed by atoms with E-state index in [-0.39, 0.29) is 36.6 Å². The zero-order chi connectivity index (χ0) is 21.2. The Kier molecular flexibility index (Phi) is 7.66. The number of ketones is 1. The number of carbonyl (C=O) groups is 4. The Bertz CT molecular complexity index is 903. The molecule has 0 unspecified atom stereocenters. The summed E-state index contributed by atoms with van der Waals surface area (Å²) in [4.78, 5) is 46.5. The van der Waals surface area contributed by atoms with Crippen molar-refractivity contribution in [2.24, 2.45) is 10.8 Å². The van der Waals surface area contributed by atoms with Crippen LogP contribution in [0.3, 0.4) is 0 Å². The van der Waals surface area contributed by atoms with Crippen LogP contribution >= 0.6 is 0 Å². The van der Waals surface area contributed by atoms with Crippen LogP contribution in [0.15, 0.2) is 52.2 Å². The summed E-state index contributed by atoms with van der Waals surface area (Å²) in [5.41, 5.74) is 7.58. The smallest absolute Gasteiger partial charge is 0.329 e. The number of carbonyl (C=O) groups excluding carboxylic acids is 4. The predicted molar refractivity (Wildman–Crippen MR) is 103 cm³/mol. The number of rotatable bonds is 9. The highest BCUT2D eigenvalue weighted by atomic mass is 16.5. The van der Waals surface area contributed by atoms with Gasteiger partial charge in [0.1, 0.15) is 5.75 Å². The molecule has 1 heterocycles. The summed E-state index contributed by atoms with van der Waals surface area (Å²) in [7, 11) is 1.54. The Morgan fingerprint density at radius 1 is 1.10 bits per heavy atom. The van der Waals surface area contributed by atoms with Gasteiger partial charge in [0.2, 0.25) is 11.7 Å². The highest BCUT2D eigenvalue weighted by Gasteiger charge is 2.16. The molecule has 1 aromatic heterocycles. The van der Waals surface area contributed by atoms with Crippen LogP contribution in [0.1, 0.15) is 29.8 Å². The number of furan rings is 1. The summed E-state index contributed by atoms with van der Waals surface area (Å²) in [6.07, 6.45) is 1.19. The van der Waals surface area contributed by atoms with Crippen LogP contribution in [-0.4, -0.2) is 36.3 Å². The van der Waals surface area contributed by atoms with Crippen molar-refractivity contribution >= 4 is 34.9 Å². The number of amides is 3. The molecule has 0 fully saturated rings. The van der Waals surface area contributed by atoms with E-state index >= 15 is 0 Å². The molecule has 0 spiro atoms. The lowest BCUT2D eigenvalue weighted by atomic mass is 10.1. The van der Waals surface area contributed by atoms with Gasteiger partial charge in [0.25, 0.3) is 0 Å². The first kappa shape index (κ1) is 21.4. The van der Waals surface area contributed by atoms with Gasteiger partial charge in [-0.2, -0.15) is 5.10 Å². The quantitative estimate of drug-likeness (QED) is 0.249. The SMILES string of the molecule is COc1ccc(NC(=O)CCC(CC(=O)c2ccco2)=NNC(=O)C(N)=O)cc1. The van der Waals surface area contributed by atoms with Crippen LogP contribution in [0.25, 0.3) is 0 Å². The lowest BCUT2D eigenvalue weighted by Crippen LogP contribution is -2.33. The van der Waals surface area contributed by atoms with Gasteiger partial charge in [-0.3, -0.25) is 19.2 Å². The first-order valence-electron chi connectivity index (χ1n) is 8.55. The maximum atomic E-state index is 12.2. The van der Waals surface area contributed by atoms with Crippen molar-refractivity contribution in [1.82, 2.24) is 5.43 Å². The number of hydrazone groups is 1. The maximum absolute atomic E-state index is 12.2. The van der Waals surface area contributed by atoms with Crippen molar-refractivity contribution in [3.8, 4) is 5.75 Å². The van der Waals surface area contributed by atoms with Crippen LogP contribution < -0.4 is 21.2 Å². The molecule has 10 nitrogen and oxygen atoms in total. The largest absolute Gasteiger partial charge is 0.497 e. The van der Waals surface area contributed by atoms with Crippen molar-refractivity contribution in [1.29, 1.82) is 0 Å². The predicted octanol–water partition coefficient (Wildman–Crippen LogP) is 1.24. The Hall–Kier alpha value is -3.95. The van der Waals surface area contributed by atoms with E-state index in [4.69, 9.17) is 14.9 Å². The minimum atomic E-state index is -1.22. The molecule has 1 aromatic carbocycles. The Morgan fingerprint density at radius 3 is 2.41 bits per heavy atom. The molecule has 0 aliphatic carbocycles. The molecule has 10 heteroatoms. The minimum Gasteiger partial charge on any atom is -0.497 e. The average Bonchev–Trinajstić information content (AvgIpc) is 3.25. The number of nitrogens with two attached hydrogens (primary N) is 1. The molecule has 0 atom stereocenters. The number of anilines is 1. The monoisotopic (exact) mass is 400 g/mol. The van der Waals surface area contributed by atoms with Crippen LogP contribution in [0, 0.1) is 0 Å². The van der Waals surface area contributed by atoms with Gasteiger partial charge in [-0.15, -0.1) is 0 Å². The molecule has 0 aliphatic rings. The fourth-order valence-corrected chi connectivity index (χ4v) is 2.23. The van der Waals surface area contributed by atoms with E-state index in [0.717, 1.165) is 0 Å². The van der Waals surface area contributed by atoms with Crippen molar-refractivity contribution in [3.05, 3.63) is 48.4 Å². The fourth-order valence-electron chi connectivity index (χ4n) is 2.23. The van der Waals surface area contributed by atoms with Gasteiger partial charge < -0.3 is 20.2 Å². The van der Waals surface area contributed by atoms with E-state index in [1.165, 1.54) is 19.4 Å². The second-order valence-electron chi connectivity index (χ2n) is 5.84. The Balaban J connectivity index is 1.98. The molecule has 3 amide bonds. The topological polar surface area (TPSA) is 153 Å². The summed E-state index contributed by atoms with van der Waals surface area (Å²) in [5.74, 6) is -2.30. The van der Waals surface area contributed by atoms with Gasteiger partial charge in [0.15, 0.2) is 5.76 Å². The van der Waals surface area contributed by atoms with Crippen molar-refractivity contribution in [2.75, 3.05) is 12.4 Å². The molecule has 0 saturated heterocycles. The van der Waals surface area contributed by atoms with Crippen LogP contribution in [-0.2, 0) is 14.4 Å². The number of nitrogens with one attached hydrogen (secondary N) is 2. The van der Waals surface area contributed by atoms with Gasteiger partial charge in [0, 0.05) is 17.8 Å². The summed E-state index contributed by atoms with van der Waals surface area (Å²) in [6, 6.07) is 9.80. The second-order valence-corrected chi connectivity index (χ2v) is 5.84. The number of primary amides is 1. The summed E-state index contributed by atoms with van der Waals surface area (Å²) >= 11 is 0. The molecule has 4 N–H and O–H groups in total. The van der Waals surface area contributed by atoms with Gasteiger partial charge in [-0.1, -0.05) is 0 Å². The van der Waals surface area contributed by atoms with E-state index in [0.29, 0.717) is 11.4 Å². The number of hydrogen-bond acceptors (Lipinski definition) is 7. The molecule has 2 rings (SSSR count). The lowest BCUT2D eigenvalue weighted by molar-refractivity contribution is -0.137. The molecule has 152 valence electrons. The van der Waals surface area contributed by atoms with E-state index in [1.807, 2.05) is 5.43 Å². The number of Topliss-reactive ketones (excluding diaryl/α,β-unsaturated/α-hetero) is 1. The highest BCUT2D eigenvalue weighted by Crippen LogP contribution is 2.15. The van der Waals surface area contributed by atoms with Gasteiger partial charge in [-0.05, 0) is 42.8 Å².